The van der Waals surface area contributed by atoms with Crippen LogP contribution >= 0.6 is 0 Å². The first kappa shape index (κ1) is 18.2. The average Bonchev–Trinajstić information content (AvgIpc) is 2.99. The molecule has 1 aliphatic heterocycles. The van der Waals surface area contributed by atoms with Gasteiger partial charge in [0.25, 0.3) is 0 Å². The molecule has 0 radical (unpaired) electrons. The van der Waals surface area contributed by atoms with Crippen LogP contribution in [0.3, 0.4) is 0 Å². The minimum Gasteiger partial charge on any atom is -0.442 e. The Morgan fingerprint density at radius 2 is 1.88 bits per heavy atom. The molecule has 2 rings (SSSR count). The first-order valence-electron chi connectivity index (χ1n) is 8.36. The van der Waals surface area contributed by atoms with Crippen LogP contribution in [0.25, 0.3) is 0 Å². The third-order valence-electron chi connectivity index (χ3n) is 3.74. The lowest BCUT2D eigenvalue weighted by molar-refractivity contribution is 0.0603. The second-order valence-corrected chi connectivity index (χ2v) is 7.13. The van der Waals surface area contributed by atoms with Crippen molar-refractivity contribution in [1.82, 2.24) is 4.90 Å². The van der Waals surface area contributed by atoms with E-state index < -0.39 is 11.7 Å². The molecule has 0 aromatic heterocycles. The quantitative estimate of drug-likeness (QED) is 0.793. The highest BCUT2D eigenvalue weighted by Crippen LogP contribution is 2.12. The van der Waals surface area contributed by atoms with Crippen LogP contribution in [0.5, 0.6) is 0 Å². The van der Waals surface area contributed by atoms with E-state index in [1.54, 1.807) is 12.1 Å². The maximum Gasteiger partial charge on any atom is 0.434 e. The maximum atomic E-state index is 12.1. The van der Waals surface area contributed by atoms with E-state index in [4.69, 9.17) is 10.00 Å². The lowest BCUT2D eigenvalue weighted by Gasteiger charge is -2.19. The summed E-state index contributed by atoms with van der Waals surface area (Å²) >= 11 is 0. The molecule has 0 atom stereocenters. The fraction of sp³-hybridized carbons (Fsp3) is 0.526. The number of carbonyl (C=O) groups is 1. The third-order valence-corrected chi connectivity index (χ3v) is 3.74. The Labute approximate surface area is 143 Å². The number of rotatable bonds is 4. The molecule has 0 aliphatic carbocycles. The smallest absolute Gasteiger partial charge is 0.434 e. The van der Waals surface area contributed by atoms with Crippen LogP contribution in [0.15, 0.2) is 29.3 Å². The van der Waals surface area contributed by atoms with Gasteiger partial charge in [-0.15, -0.1) is 0 Å². The monoisotopic (exact) mass is 327 g/mol. The lowest BCUT2D eigenvalue weighted by atomic mass is 10.1. The fourth-order valence-corrected chi connectivity index (χ4v) is 2.68. The highest BCUT2D eigenvalue weighted by molar-refractivity contribution is 5.96. The molecule has 1 aliphatic rings. The van der Waals surface area contributed by atoms with Crippen molar-refractivity contribution in [1.29, 1.82) is 5.26 Å². The maximum absolute atomic E-state index is 12.1. The second-order valence-electron chi connectivity index (χ2n) is 7.13. The number of nitriles is 1. The SMILES string of the molecule is CC(C)(C)OC(=O)N=C(Cc1ccc(C#N)cc1)CN1CCCC1. The van der Waals surface area contributed by atoms with Gasteiger partial charge >= 0.3 is 6.09 Å². The minimum atomic E-state index is -0.548. The summed E-state index contributed by atoms with van der Waals surface area (Å²) in [6.45, 7) is 8.27. The number of hydrogen-bond acceptors (Lipinski definition) is 4. The predicted octanol–water partition coefficient (Wildman–Crippen LogP) is 3.57. The van der Waals surface area contributed by atoms with Gasteiger partial charge in [0.2, 0.25) is 0 Å². The van der Waals surface area contributed by atoms with E-state index >= 15 is 0 Å². The molecule has 0 N–H and O–H groups in total. The summed E-state index contributed by atoms with van der Waals surface area (Å²) in [5.74, 6) is 0. The average molecular weight is 327 g/mol. The number of amides is 1. The van der Waals surface area contributed by atoms with Gasteiger partial charge in [-0.3, -0.25) is 4.90 Å². The van der Waals surface area contributed by atoms with Crippen LogP contribution in [-0.2, 0) is 11.2 Å². The van der Waals surface area contributed by atoms with Gasteiger partial charge in [-0.2, -0.15) is 10.3 Å². The standard InChI is InChI=1S/C19H25N3O2/c1-19(2,3)24-18(23)21-17(14-22-10-4-5-11-22)12-15-6-8-16(13-20)9-7-15/h6-9H,4-5,10-12,14H2,1-3H3. The van der Waals surface area contributed by atoms with E-state index in [0.717, 1.165) is 24.4 Å². The van der Waals surface area contributed by atoms with Gasteiger partial charge < -0.3 is 4.74 Å². The largest absolute Gasteiger partial charge is 0.442 e. The number of aliphatic imine (C=N–C) groups is 1. The number of carbonyl (C=O) groups excluding carboxylic acids is 1. The molecule has 1 saturated heterocycles. The molecule has 0 unspecified atom stereocenters. The Kier molecular flexibility index (Phi) is 6.10. The molecule has 1 amide bonds. The lowest BCUT2D eigenvalue weighted by Crippen LogP contribution is -2.30. The van der Waals surface area contributed by atoms with Crippen molar-refractivity contribution in [3.05, 3.63) is 35.4 Å². The molecule has 0 bridgehead atoms. The van der Waals surface area contributed by atoms with Crippen molar-refractivity contribution in [2.75, 3.05) is 19.6 Å². The molecule has 128 valence electrons. The second kappa shape index (κ2) is 8.07. The number of benzene rings is 1. The number of hydrogen-bond donors (Lipinski definition) is 0. The Balaban J connectivity index is 2.11. The Bertz CT molecular complexity index is 630. The van der Waals surface area contributed by atoms with Crippen LogP contribution in [0, 0.1) is 11.3 Å². The van der Waals surface area contributed by atoms with Gasteiger partial charge in [-0.1, -0.05) is 12.1 Å². The number of ether oxygens (including phenoxy) is 1. The van der Waals surface area contributed by atoms with Crippen molar-refractivity contribution < 1.29 is 9.53 Å². The zero-order chi connectivity index (χ0) is 17.6. The first-order valence-corrected chi connectivity index (χ1v) is 8.36. The summed E-state index contributed by atoms with van der Waals surface area (Å²) in [4.78, 5) is 18.6. The van der Waals surface area contributed by atoms with Crippen molar-refractivity contribution in [2.45, 2.75) is 45.6 Å². The summed E-state index contributed by atoms with van der Waals surface area (Å²) in [6.07, 6.45) is 2.43. The summed E-state index contributed by atoms with van der Waals surface area (Å²) in [5.41, 5.74) is 1.92. The molecule has 1 aromatic carbocycles. The Morgan fingerprint density at radius 1 is 1.25 bits per heavy atom. The summed E-state index contributed by atoms with van der Waals surface area (Å²) in [6, 6.07) is 9.51. The van der Waals surface area contributed by atoms with Crippen LogP contribution in [0.2, 0.25) is 0 Å². The van der Waals surface area contributed by atoms with E-state index in [0.29, 0.717) is 18.5 Å². The van der Waals surface area contributed by atoms with Crippen LogP contribution in [-0.4, -0.2) is 41.9 Å². The third kappa shape index (κ3) is 6.13. The molecule has 24 heavy (non-hydrogen) atoms. The van der Waals surface area contributed by atoms with Crippen molar-refractivity contribution >= 4 is 11.8 Å². The summed E-state index contributed by atoms with van der Waals surface area (Å²) < 4.78 is 5.32. The molecule has 0 saturated carbocycles. The van der Waals surface area contributed by atoms with E-state index in [9.17, 15) is 4.79 Å². The van der Waals surface area contributed by atoms with Gasteiger partial charge in [0.15, 0.2) is 0 Å². The van der Waals surface area contributed by atoms with Gasteiger partial charge in [0.1, 0.15) is 5.60 Å². The number of nitrogens with zero attached hydrogens (tertiary/aromatic N) is 3. The molecule has 0 spiro atoms. The van der Waals surface area contributed by atoms with Crippen LogP contribution in [0.1, 0.15) is 44.7 Å². The van der Waals surface area contributed by atoms with Gasteiger partial charge in [0, 0.05) is 18.7 Å². The zero-order valence-electron chi connectivity index (χ0n) is 14.7. The molecule has 5 heteroatoms. The normalized spacial score (nSPS) is 16.0. The van der Waals surface area contributed by atoms with Gasteiger partial charge in [-0.05, 0) is 64.4 Å². The molecular weight excluding hydrogens is 302 g/mol. The highest BCUT2D eigenvalue weighted by Gasteiger charge is 2.19. The topological polar surface area (TPSA) is 65.7 Å². The minimum absolute atomic E-state index is 0.537. The summed E-state index contributed by atoms with van der Waals surface area (Å²) in [7, 11) is 0. The zero-order valence-corrected chi connectivity index (χ0v) is 14.7. The molecular formula is C19H25N3O2. The van der Waals surface area contributed by atoms with Crippen LogP contribution in [0.4, 0.5) is 4.79 Å². The van der Waals surface area contributed by atoms with Gasteiger partial charge in [-0.25, -0.2) is 4.79 Å². The highest BCUT2D eigenvalue weighted by atomic mass is 16.6. The Morgan fingerprint density at radius 3 is 2.42 bits per heavy atom. The van der Waals surface area contributed by atoms with Crippen molar-refractivity contribution in [3.8, 4) is 6.07 Å². The van der Waals surface area contributed by atoms with E-state index in [-0.39, 0.29) is 0 Å². The number of likely N-dealkylation sites (tertiary alicyclic amines) is 1. The van der Waals surface area contributed by atoms with Crippen LogP contribution < -0.4 is 0 Å². The van der Waals surface area contributed by atoms with Crippen molar-refractivity contribution in [3.63, 3.8) is 0 Å². The summed E-state index contributed by atoms with van der Waals surface area (Å²) in [5, 5.41) is 8.89. The fourth-order valence-electron chi connectivity index (χ4n) is 2.68. The molecule has 1 aromatic rings. The van der Waals surface area contributed by atoms with E-state index in [1.165, 1.54) is 12.8 Å². The van der Waals surface area contributed by atoms with Gasteiger partial charge in [0.05, 0.1) is 11.6 Å². The molecule has 1 heterocycles. The van der Waals surface area contributed by atoms with E-state index in [2.05, 4.69) is 16.0 Å². The molecule has 1 fully saturated rings. The first-order chi connectivity index (χ1) is 11.4. The Hall–Kier alpha value is -2.19. The van der Waals surface area contributed by atoms with E-state index in [1.807, 2.05) is 32.9 Å². The predicted molar refractivity (Wildman–Crippen MR) is 94.2 cm³/mol. The molecule has 5 nitrogen and oxygen atoms in total. The van der Waals surface area contributed by atoms with Crippen molar-refractivity contribution in [2.24, 2.45) is 4.99 Å².